The summed E-state index contributed by atoms with van der Waals surface area (Å²) < 4.78 is 6.11. The lowest BCUT2D eigenvalue weighted by Crippen LogP contribution is -2.02. The van der Waals surface area contributed by atoms with E-state index in [1.807, 2.05) is 24.3 Å². The summed E-state index contributed by atoms with van der Waals surface area (Å²) in [6.45, 7) is 4.95. The first-order valence-corrected chi connectivity index (χ1v) is 7.90. The van der Waals surface area contributed by atoms with Gasteiger partial charge in [-0.2, -0.15) is 4.99 Å². The minimum atomic E-state index is -0.340. The molecule has 1 aromatic carbocycles. The standard InChI is InChI=1S/C16H18N2O2S/c1-3-5-10-17-11-18-14-12-8-6-7-9-13(12)21-15(14)16(19)20-4-2/h6-9H,3-5,10H2,1-2H3. The van der Waals surface area contributed by atoms with Gasteiger partial charge in [-0.05, 0) is 19.4 Å². The number of ether oxygens (including phenoxy) is 1. The number of unbranched alkanes of at least 4 members (excludes halogenated alkanes) is 1. The Hall–Kier alpha value is -1.97. The van der Waals surface area contributed by atoms with Gasteiger partial charge in [-0.15, -0.1) is 11.3 Å². The molecule has 0 spiro atoms. The van der Waals surface area contributed by atoms with Crippen LogP contribution < -0.4 is 0 Å². The highest BCUT2D eigenvalue weighted by Gasteiger charge is 2.18. The van der Waals surface area contributed by atoms with E-state index in [4.69, 9.17) is 4.74 Å². The van der Waals surface area contributed by atoms with Crippen molar-refractivity contribution in [1.29, 1.82) is 0 Å². The molecule has 2 aromatic rings. The molecule has 0 unspecified atom stereocenters. The number of aliphatic imine (C=N–C) groups is 2. The molecule has 0 bridgehead atoms. The zero-order valence-corrected chi connectivity index (χ0v) is 13.1. The van der Waals surface area contributed by atoms with Gasteiger partial charge in [0, 0.05) is 16.6 Å². The van der Waals surface area contributed by atoms with E-state index in [9.17, 15) is 4.79 Å². The van der Waals surface area contributed by atoms with Crippen molar-refractivity contribution in [3.8, 4) is 0 Å². The average molecular weight is 302 g/mol. The Bertz CT molecular complexity index is 685. The smallest absolute Gasteiger partial charge is 0.350 e. The van der Waals surface area contributed by atoms with Gasteiger partial charge in [0.15, 0.2) is 0 Å². The molecule has 0 saturated heterocycles. The SMILES string of the molecule is CCCCN=C=Nc1c(C(=O)OCC)sc2ccccc12. The van der Waals surface area contributed by atoms with Gasteiger partial charge in [-0.1, -0.05) is 31.5 Å². The molecular weight excluding hydrogens is 284 g/mol. The van der Waals surface area contributed by atoms with E-state index >= 15 is 0 Å². The van der Waals surface area contributed by atoms with Crippen LogP contribution in [0.25, 0.3) is 10.1 Å². The number of fused-ring (bicyclic) bond motifs is 1. The highest BCUT2D eigenvalue weighted by atomic mass is 32.1. The number of carbonyl (C=O) groups is 1. The third-order valence-corrected chi connectivity index (χ3v) is 4.03. The molecule has 1 heterocycles. The van der Waals surface area contributed by atoms with Gasteiger partial charge in [-0.25, -0.2) is 9.79 Å². The van der Waals surface area contributed by atoms with Gasteiger partial charge < -0.3 is 4.74 Å². The minimum Gasteiger partial charge on any atom is -0.462 e. The first-order chi connectivity index (χ1) is 10.3. The predicted octanol–water partition coefficient (Wildman–Crippen LogP) is 4.68. The Morgan fingerprint density at radius 2 is 2.14 bits per heavy atom. The molecule has 0 saturated carbocycles. The molecule has 5 heteroatoms. The van der Waals surface area contributed by atoms with Crippen molar-refractivity contribution in [2.75, 3.05) is 13.2 Å². The summed E-state index contributed by atoms with van der Waals surface area (Å²) in [5, 5.41) is 0.934. The lowest BCUT2D eigenvalue weighted by molar-refractivity contribution is 0.0533. The zero-order valence-electron chi connectivity index (χ0n) is 12.3. The average Bonchev–Trinajstić information content (AvgIpc) is 2.86. The first-order valence-electron chi connectivity index (χ1n) is 7.08. The van der Waals surface area contributed by atoms with Crippen LogP contribution in [-0.4, -0.2) is 25.1 Å². The minimum absolute atomic E-state index is 0.340. The van der Waals surface area contributed by atoms with E-state index in [0.717, 1.165) is 22.9 Å². The van der Waals surface area contributed by atoms with Crippen LogP contribution in [0, 0.1) is 0 Å². The van der Waals surface area contributed by atoms with E-state index in [-0.39, 0.29) is 5.97 Å². The summed E-state index contributed by atoms with van der Waals surface area (Å²) in [4.78, 5) is 20.9. The molecular formula is C16H18N2O2S. The van der Waals surface area contributed by atoms with Crippen molar-refractivity contribution >= 4 is 39.1 Å². The number of carbonyl (C=O) groups excluding carboxylic acids is 1. The van der Waals surface area contributed by atoms with Crippen molar-refractivity contribution in [3.63, 3.8) is 0 Å². The van der Waals surface area contributed by atoms with Crippen LogP contribution in [0.3, 0.4) is 0 Å². The lowest BCUT2D eigenvalue weighted by Gasteiger charge is -1.98. The number of nitrogens with zero attached hydrogens (tertiary/aromatic N) is 2. The van der Waals surface area contributed by atoms with Gasteiger partial charge in [0.1, 0.15) is 10.6 Å². The van der Waals surface area contributed by atoms with Crippen LogP contribution in [0.15, 0.2) is 34.3 Å². The van der Waals surface area contributed by atoms with Gasteiger partial charge in [0.25, 0.3) is 0 Å². The van der Waals surface area contributed by atoms with Crippen molar-refractivity contribution in [2.24, 2.45) is 9.98 Å². The summed E-state index contributed by atoms with van der Waals surface area (Å²) in [5.41, 5.74) is 0.606. The Morgan fingerprint density at radius 3 is 2.90 bits per heavy atom. The van der Waals surface area contributed by atoms with Crippen molar-refractivity contribution in [2.45, 2.75) is 26.7 Å². The number of esters is 1. The van der Waals surface area contributed by atoms with Gasteiger partial charge in [0.05, 0.1) is 12.6 Å². The van der Waals surface area contributed by atoms with Crippen molar-refractivity contribution < 1.29 is 9.53 Å². The molecule has 0 N–H and O–H groups in total. The topological polar surface area (TPSA) is 51.0 Å². The van der Waals surface area contributed by atoms with Crippen LogP contribution in [-0.2, 0) is 4.74 Å². The summed E-state index contributed by atoms with van der Waals surface area (Å²) in [6, 6.07) is 10.5. The fourth-order valence-corrected chi connectivity index (χ4v) is 2.89. The Morgan fingerprint density at radius 1 is 1.33 bits per heavy atom. The van der Waals surface area contributed by atoms with Crippen LogP contribution in [0.2, 0.25) is 0 Å². The van der Waals surface area contributed by atoms with Crippen LogP contribution in [0.1, 0.15) is 36.4 Å². The third-order valence-electron chi connectivity index (χ3n) is 2.89. The normalized spacial score (nSPS) is 10.2. The van der Waals surface area contributed by atoms with Gasteiger partial charge in [-0.3, -0.25) is 0 Å². The summed E-state index contributed by atoms with van der Waals surface area (Å²) >= 11 is 1.39. The maximum Gasteiger partial charge on any atom is 0.350 e. The highest BCUT2D eigenvalue weighted by Crippen LogP contribution is 2.37. The number of rotatable bonds is 6. The maximum absolute atomic E-state index is 12.0. The molecule has 4 nitrogen and oxygen atoms in total. The van der Waals surface area contributed by atoms with Crippen molar-refractivity contribution in [1.82, 2.24) is 0 Å². The Kier molecular flexibility index (Phi) is 5.67. The van der Waals surface area contributed by atoms with E-state index in [1.165, 1.54) is 11.3 Å². The molecule has 110 valence electrons. The second-order valence-corrected chi connectivity index (χ2v) is 5.50. The van der Waals surface area contributed by atoms with Crippen LogP contribution in [0.4, 0.5) is 5.69 Å². The second kappa shape index (κ2) is 7.72. The number of benzene rings is 1. The number of hydrogen-bond acceptors (Lipinski definition) is 5. The second-order valence-electron chi connectivity index (χ2n) is 4.44. The Labute approximate surface area is 128 Å². The monoisotopic (exact) mass is 302 g/mol. The molecule has 2 rings (SSSR count). The summed E-state index contributed by atoms with van der Waals surface area (Å²) in [6.07, 6.45) is 2.10. The molecule has 1 aromatic heterocycles. The van der Waals surface area contributed by atoms with Crippen LogP contribution in [0.5, 0.6) is 0 Å². The fourth-order valence-electron chi connectivity index (χ4n) is 1.85. The molecule has 0 amide bonds. The molecule has 0 aliphatic rings. The predicted molar refractivity (Wildman–Crippen MR) is 87.1 cm³/mol. The maximum atomic E-state index is 12.0. The molecule has 0 fully saturated rings. The largest absolute Gasteiger partial charge is 0.462 e. The van der Waals surface area contributed by atoms with Crippen molar-refractivity contribution in [3.05, 3.63) is 29.1 Å². The third kappa shape index (κ3) is 3.78. The number of hydrogen-bond donors (Lipinski definition) is 0. The molecule has 21 heavy (non-hydrogen) atoms. The van der Waals surface area contributed by atoms with E-state index < -0.39 is 0 Å². The molecule has 0 aliphatic heterocycles. The van der Waals surface area contributed by atoms with E-state index in [2.05, 4.69) is 22.9 Å². The van der Waals surface area contributed by atoms with E-state index in [0.29, 0.717) is 23.7 Å². The van der Waals surface area contributed by atoms with E-state index in [1.54, 1.807) is 6.92 Å². The molecule has 0 atom stereocenters. The zero-order chi connectivity index (χ0) is 15.1. The summed E-state index contributed by atoms with van der Waals surface area (Å²) in [5.74, 6) is -0.340. The summed E-state index contributed by atoms with van der Waals surface area (Å²) in [7, 11) is 0. The first kappa shape index (κ1) is 15.4. The molecule has 0 aliphatic carbocycles. The highest BCUT2D eigenvalue weighted by molar-refractivity contribution is 7.21. The lowest BCUT2D eigenvalue weighted by atomic mass is 10.2. The van der Waals surface area contributed by atoms with Crippen LogP contribution >= 0.6 is 11.3 Å². The fraction of sp³-hybridized carbons (Fsp3) is 0.375. The van der Waals surface area contributed by atoms with Gasteiger partial charge in [0.2, 0.25) is 0 Å². The molecule has 0 radical (unpaired) electrons. The Balaban J connectivity index is 2.40. The quantitative estimate of drug-likeness (QED) is 0.442. The van der Waals surface area contributed by atoms with Gasteiger partial charge >= 0.3 is 5.97 Å². The number of thiophene rings is 1.